The van der Waals surface area contributed by atoms with Crippen molar-refractivity contribution in [1.82, 2.24) is 0 Å². The van der Waals surface area contributed by atoms with Crippen molar-refractivity contribution in [1.29, 1.82) is 0 Å². The Morgan fingerprint density at radius 2 is 1.63 bits per heavy atom. The maximum Gasteiger partial charge on any atom is 0.186 e. The van der Waals surface area contributed by atoms with Crippen molar-refractivity contribution in [2.75, 3.05) is 6.61 Å². The lowest BCUT2D eigenvalue weighted by Crippen LogP contribution is -2.69. The molecule has 10 nitrogen and oxygen atoms in total. The summed E-state index contributed by atoms with van der Waals surface area (Å²) in [7, 11) is 0. The molecule has 0 amide bonds. The maximum absolute atomic E-state index is 14.7. The monoisotopic (exact) mass is 652 g/mol. The lowest BCUT2D eigenvalue weighted by Gasteiger charge is -2.66. The second kappa shape index (κ2) is 11.2. The number of fused-ring (bicyclic) bond motifs is 4. The lowest BCUT2D eigenvalue weighted by atomic mass is 9.36. The van der Waals surface area contributed by atoms with Crippen molar-refractivity contribution in [3.63, 3.8) is 0 Å². The van der Waals surface area contributed by atoms with Gasteiger partial charge in [0.2, 0.25) is 0 Å². The van der Waals surface area contributed by atoms with Crippen LogP contribution in [0.5, 0.6) is 0 Å². The van der Waals surface area contributed by atoms with Gasteiger partial charge >= 0.3 is 0 Å². The number of carbonyl (C=O) groups is 1. The minimum atomic E-state index is -1.51. The SMILES string of the molecule is C[C@H](CC[C@@H](O)C(C)(C)O)[C@H]1CC[C@@]2(C)[C@@H]3CC4OC45[C@@H](CCC(O[C@@H]4O[C@H](CO)[C@@H](O)[C@H](O)[C@H]4O)C5(C)C)[C@]3(C)C(=O)C[C@]12C. The number of rotatable bonds is 8. The number of ketones is 1. The number of carbonyl (C=O) groups excluding carboxylic acids is 1. The van der Waals surface area contributed by atoms with Crippen molar-refractivity contribution in [2.24, 2.45) is 45.3 Å². The van der Waals surface area contributed by atoms with Crippen LogP contribution in [0.25, 0.3) is 0 Å². The fourth-order valence-corrected chi connectivity index (χ4v) is 12.0. The third kappa shape index (κ3) is 4.64. The number of aliphatic hydroxyl groups excluding tert-OH is 5. The molecule has 6 aliphatic rings. The van der Waals surface area contributed by atoms with E-state index < -0.39 is 71.6 Å². The first-order valence-electron chi connectivity index (χ1n) is 17.8. The number of ether oxygens (including phenoxy) is 3. The molecule has 0 bridgehead atoms. The molecule has 1 spiro atoms. The molecule has 2 aliphatic heterocycles. The van der Waals surface area contributed by atoms with Crippen LogP contribution in [0.1, 0.15) is 107 Å². The van der Waals surface area contributed by atoms with Gasteiger partial charge in [-0.1, -0.05) is 41.5 Å². The summed E-state index contributed by atoms with van der Waals surface area (Å²) in [5, 5.41) is 61.8. The number of aliphatic hydroxyl groups is 6. The van der Waals surface area contributed by atoms with E-state index in [4.69, 9.17) is 14.2 Å². The van der Waals surface area contributed by atoms with Gasteiger partial charge in [-0.3, -0.25) is 4.79 Å². The highest BCUT2D eigenvalue weighted by Gasteiger charge is 2.83. The number of Topliss-reactive ketones (excluding diaryl/α,β-unsaturated/α-hetero) is 1. The Balaban J connectivity index is 1.23. The summed E-state index contributed by atoms with van der Waals surface area (Å²) < 4.78 is 18.9. The van der Waals surface area contributed by atoms with Gasteiger partial charge in [0.25, 0.3) is 0 Å². The van der Waals surface area contributed by atoms with E-state index in [0.717, 1.165) is 32.1 Å². The molecule has 4 saturated carbocycles. The molecule has 4 aliphatic carbocycles. The molecular weight excluding hydrogens is 592 g/mol. The van der Waals surface area contributed by atoms with Gasteiger partial charge in [0.15, 0.2) is 6.29 Å². The normalized spacial score (nSPS) is 52.6. The van der Waals surface area contributed by atoms with Gasteiger partial charge in [-0.2, -0.15) is 0 Å². The minimum Gasteiger partial charge on any atom is -0.394 e. The Labute approximate surface area is 274 Å². The van der Waals surface area contributed by atoms with Crippen molar-refractivity contribution in [2.45, 2.75) is 167 Å². The summed E-state index contributed by atoms with van der Waals surface area (Å²) in [6.45, 7) is 16.3. The molecule has 2 saturated heterocycles. The Morgan fingerprint density at radius 3 is 2.26 bits per heavy atom. The van der Waals surface area contributed by atoms with E-state index in [-0.39, 0.29) is 28.8 Å². The van der Waals surface area contributed by atoms with E-state index in [1.807, 2.05) is 0 Å². The second-order valence-corrected chi connectivity index (χ2v) is 17.9. The molecule has 0 aromatic heterocycles. The summed E-state index contributed by atoms with van der Waals surface area (Å²) in [5.41, 5.74) is -3.00. The van der Waals surface area contributed by atoms with Crippen LogP contribution in [0.3, 0.4) is 0 Å². The summed E-state index contributed by atoms with van der Waals surface area (Å²) in [5.74, 6) is 1.19. The topological polar surface area (TPSA) is 169 Å². The van der Waals surface area contributed by atoms with Crippen LogP contribution in [-0.4, -0.2) is 103 Å². The highest BCUT2D eigenvalue weighted by atomic mass is 16.7. The zero-order valence-corrected chi connectivity index (χ0v) is 29.1. The van der Waals surface area contributed by atoms with E-state index in [9.17, 15) is 35.4 Å². The van der Waals surface area contributed by atoms with Gasteiger partial charge in [0.05, 0.1) is 30.5 Å². The first-order chi connectivity index (χ1) is 21.2. The van der Waals surface area contributed by atoms with Crippen LogP contribution >= 0.6 is 0 Å². The van der Waals surface area contributed by atoms with E-state index in [0.29, 0.717) is 36.9 Å². The van der Waals surface area contributed by atoms with Gasteiger partial charge in [-0.15, -0.1) is 0 Å². The molecule has 10 heteroatoms. The van der Waals surface area contributed by atoms with Crippen molar-refractivity contribution in [3.05, 3.63) is 0 Å². The van der Waals surface area contributed by atoms with Gasteiger partial charge in [-0.05, 0) is 87.4 Å². The molecule has 46 heavy (non-hydrogen) atoms. The highest BCUT2D eigenvalue weighted by Crippen LogP contribution is 2.79. The fourth-order valence-electron chi connectivity index (χ4n) is 12.0. The number of hydrogen-bond acceptors (Lipinski definition) is 10. The Kier molecular flexibility index (Phi) is 8.52. The van der Waals surface area contributed by atoms with Gasteiger partial charge in [0, 0.05) is 23.2 Å². The zero-order valence-electron chi connectivity index (χ0n) is 29.1. The predicted octanol–water partition coefficient (Wildman–Crippen LogP) is 2.71. The highest BCUT2D eigenvalue weighted by molar-refractivity contribution is 5.88. The van der Waals surface area contributed by atoms with E-state index in [1.54, 1.807) is 13.8 Å². The van der Waals surface area contributed by atoms with Crippen LogP contribution < -0.4 is 0 Å². The van der Waals surface area contributed by atoms with Gasteiger partial charge in [-0.25, -0.2) is 0 Å². The Morgan fingerprint density at radius 1 is 0.957 bits per heavy atom. The zero-order chi connectivity index (χ0) is 34.0. The van der Waals surface area contributed by atoms with Gasteiger partial charge < -0.3 is 44.8 Å². The molecule has 16 atom stereocenters. The molecule has 2 heterocycles. The van der Waals surface area contributed by atoms with Crippen molar-refractivity contribution < 1.29 is 49.6 Å². The van der Waals surface area contributed by atoms with Crippen LogP contribution in [0.2, 0.25) is 0 Å². The van der Waals surface area contributed by atoms with Crippen LogP contribution in [-0.2, 0) is 19.0 Å². The summed E-state index contributed by atoms with van der Waals surface area (Å²) in [4.78, 5) is 14.7. The van der Waals surface area contributed by atoms with Crippen LogP contribution in [0.4, 0.5) is 0 Å². The average molecular weight is 653 g/mol. The van der Waals surface area contributed by atoms with Crippen LogP contribution in [0, 0.1) is 45.3 Å². The summed E-state index contributed by atoms with van der Waals surface area (Å²) in [6.07, 6.45) is -1.76. The Hall–Kier alpha value is -0.690. The molecular formula is C36H60O10. The molecule has 6 fully saturated rings. The largest absolute Gasteiger partial charge is 0.394 e. The van der Waals surface area contributed by atoms with Crippen LogP contribution in [0.15, 0.2) is 0 Å². The fraction of sp³-hybridized carbons (Fsp3) is 0.972. The van der Waals surface area contributed by atoms with E-state index in [2.05, 4.69) is 41.5 Å². The molecule has 0 radical (unpaired) electrons. The van der Waals surface area contributed by atoms with Crippen molar-refractivity contribution in [3.8, 4) is 0 Å². The summed E-state index contributed by atoms with van der Waals surface area (Å²) >= 11 is 0. The third-order valence-corrected chi connectivity index (χ3v) is 15.2. The maximum atomic E-state index is 14.7. The lowest BCUT2D eigenvalue weighted by molar-refractivity contribution is -0.326. The van der Waals surface area contributed by atoms with E-state index in [1.165, 1.54) is 0 Å². The molecule has 3 unspecified atom stereocenters. The quantitative estimate of drug-likeness (QED) is 0.169. The average Bonchev–Trinajstić information content (AvgIpc) is 3.65. The second-order valence-electron chi connectivity index (χ2n) is 17.9. The number of hydrogen-bond donors (Lipinski definition) is 6. The van der Waals surface area contributed by atoms with Crippen molar-refractivity contribution >= 4 is 5.78 Å². The molecule has 6 N–H and O–H groups in total. The first-order valence-corrected chi connectivity index (χ1v) is 17.8. The first kappa shape index (κ1) is 35.1. The predicted molar refractivity (Wildman–Crippen MR) is 168 cm³/mol. The molecule has 6 rings (SSSR count). The molecule has 0 aromatic carbocycles. The third-order valence-electron chi connectivity index (χ3n) is 15.2. The standard InChI is InChI=1S/C36H60O10/c1-18(9-11-23(38)32(4,5)43)19-13-14-33(6)22-15-26-36(46-26)21(35(22,8)24(39)16-34(19,33)7)10-12-25(31(36,2)3)45-30-29(42)28(41)27(40)20(17-37)44-30/h18-23,25-30,37-38,40-43H,9-17H2,1-8H3/t18-,19-,20-,21+,22+,23-,25?,26?,27-,28+,29-,30+,33+,34-,35+,36?/m1/s1. The molecule has 264 valence electrons. The van der Waals surface area contributed by atoms with E-state index >= 15 is 0 Å². The minimum absolute atomic E-state index is 0.0145. The number of epoxide rings is 1. The Bertz CT molecular complexity index is 1180. The molecule has 0 aromatic rings. The van der Waals surface area contributed by atoms with Gasteiger partial charge in [0.1, 0.15) is 35.8 Å². The smallest absolute Gasteiger partial charge is 0.186 e. The summed E-state index contributed by atoms with van der Waals surface area (Å²) in [6, 6.07) is 0.